The number of carbonyl (C=O) groups is 1. The van der Waals surface area contributed by atoms with Crippen LogP contribution >= 0.6 is 0 Å². The van der Waals surface area contributed by atoms with E-state index in [9.17, 15) is 13.2 Å². The summed E-state index contributed by atoms with van der Waals surface area (Å²) in [4.78, 5) is 12.5. The molecule has 0 unspecified atom stereocenters. The van der Waals surface area contributed by atoms with Gasteiger partial charge in [0.05, 0.1) is 0 Å². The van der Waals surface area contributed by atoms with Crippen molar-refractivity contribution in [3.05, 3.63) is 65.7 Å². The van der Waals surface area contributed by atoms with E-state index in [1.165, 1.54) is 10.4 Å². The zero-order valence-electron chi connectivity index (χ0n) is 16.2. The van der Waals surface area contributed by atoms with E-state index in [1.807, 2.05) is 37.3 Å². The monoisotopic (exact) mass is 401 g/mol. The van der Waals surface area contributed by atoms with Gasteiger partial charge in [-0.3, -0.25) is 4.79 Å². The van der Waals surface area contributed by atoms with Crippen molar-refractivity contribution in [1.82, 2.24) is 4.31 Å². The van der Waals surface area contributed by atoms with Gasteiger partial charge < -0.3 is 4.18 Å². The Morgan fingerprint density at radius 1 is 1.11 bits per heavy atom. The van der Waals surface area contributed by atoms with Gasteiger partial charge in [0, 0.05) is 25.1 Å². The Labute approximate surface area is 167 Å². The van der Waals surface area contributed by atoms with Crippen molar-refractivity contribution in [2.45, 2.75) is 39.0 Å². The first-order valence-corrected chi connectivity index (χ1v) is 11.2. The van der Waals surface area contributed by atoms with E-state index in [0.29, 0.717) is 37.4 Å². The van der Waals surface area contributed by atoms with Crippen molar-refractivity contribution in [2.75, 3.05) is 13.1 Å². The summed E-state index contributed by atoms with van der Waals surface area (Å²) in [6, 6.07) is 16.3. The first-order chi connectivity index (χ1) is 13.5. The van der Waals surface area contributed by atoms with E-state index < -0.39 is 10.3 Å². The molecule has 0 aliphatic heterocycles. The fourth-order valence-electron chi connectivity index (χ4n) is 3.07. The number of rotatable bonds is 11. The molecule has 2 aromatic carbocycles. The van der Waals surface area contributed by atoms with Crippen LogP contribution < -0.4 is 4.18 Å². The lowest BCUT2D eigenvalue weighted by Gasteiger charge is -2.21. The number of benzene rings is 2. The predicted molar refractivity (Wildman–Crippen MR) is 110 cm³/mol. The van der Waals surface area contributed by atoms with E-state index in [1.54, 1.807) is 18.2 Å². The molecular weight excluding hydrogens is 374 g/mol. The molecule has 0 amide bonds. The summed E-state index contributed by atoms with van der Waals surface area (Å²) in [7, 11) is -3.87. The number of hydrogen-bond donors (Lipinski definition) is 0. The number of carbonyl (C=O) groups excluding carboxylic acids is 1. The maximum absolute atomic E-state index is 12.7. The van der Waals surface area contributed by atoms with Crippen LogP contribution in [0.2, 0.25) is 0 Å². The van der Waals surface area contributed by atoms with E-state index >= 15 is 0 Å². The molecule has 1 saturated carbocycles. The number of hydrogen-bond acceptors (Lipinski definition) is 4. The second-order valence-electron chi connectivity index (χ2n) is 7.28. The van der Waals surface area contributed by atoms with Crippen LogP contribution in [0, 0.1) is 5.92 Å². The van der Waals surface area contributed by atoms with Crippen LogP contribution in [0.3, 0.4) is 0 Å². The smallest absolute Gasteiger partial charge is 0.371 e. The Balaban J connectivity index is 1.65. The van der Waals surface area contributed by atoms with Gasteiger partial charge in [0.2, 0.25) is 0 Å². The summed E-state index contributed by atoms with van der Waals surface area (Å²) in [5.41, 5.74) is 1.56. The number of aryl methyl sites for hydroxylation is 1. The molecule has 3 rings (SSSR count). The summed E-state index contributed by atoms with van der Waals surface area (Å²) < 4.78 is 32.1. The largest absolute Gasteiger partial charge is 0.385 e. The molecule has 1 aliphatic rings. The average molecular weight is 402 g/mol. The minimum atomic E-state index is -3.87. The highest BCUT2D eigenvalue weighted by Crippen LogP contribution is 2.31. The van der Waals surface area contributed by atoms with E-state index in [0.717, 1.165) is 24.8 Å². The van der Waals surface area contributed by atoms with Crippen LogP contribution in [0.1, 0.15) is 48.5 Å². The van der Waals surface area contributed by atoms with Crippen LogP contribution in [-0.2, 0) is 16.7 Å². The standard InChI is InChI=1S/C22H27NO4S/c1-2-15-23(17-19-11-12-19)28(25,26)27-21-10-6-9-20(16-21)22(24)14-13-18-7-4-3-5-8-18/h3-10,16,19H,2,11-15,17H2,1H3. The third-order valence-electron chi connectivity index (χ3n) is 4.79. The van der Waals surface area contributed by atoms with Gasteiger partial charge in [-0.1, -0.05) is 49.4 Å². The molecule has 0 aromatic heterocycles. The number of ketones is 1. The molecule has 0 N–H and O–H groups in total. The van der Waals surface area contributed by atoms with Gasteiger partial charge in [0.25, 0.3) is 0 Å². The molecule has 6 heteroatoms. The molecule has 1 aliphatic carbocycles. The quantitative estimate of drug-likeness (QED) is 0.528. The summed E-state index contributed by atoms with van der Waals surface area (Å²) in [5.74, 6) is 0.591. The molecule has 0 spiro atoms. The molecule has 0 radical (unpaired) electrons. The van der Waals surface area contributed by atoms with E-state index in [-0.39, 0.29) is 11.5 Å². The SMILES string of the molecule is CCCN(CC1CC1)S(=O)(=O)Oc1cccc(C(=O)CCc2ccccc2)c1. The number of Topliss-reactive ketones (excluding diaryl/α,β-unsaturated/α-hetero) is 1. The molecule has 0 bridgehead atoms. The first-order valence-electron chi connectivity index (χ1n) is 9.84. The highest BCUT2D eigenvalue weighted by molar-refractivity contribution is 7.84. The van der Waals surface area contributed by atoms with Gasteiger partial charge in [-0.2, -0.15) is 12.7 Å². The lowest BCUT2D eigenvalue weighted by molar-refractivity contribution is 0.0982. The van der Waals surface area contributed by atoms with Gasteiger partial charge in [-0.15, -0.1) is 0 Å². The topological polar surface area (TPSA) is 63.7 Å². The Morgan fingerprint density at radius 2 is 1.86 bits per heavy atom. The minimum absolute atomic E-state index is 0.0323. The Kier molecular flexibility index (Phi) is 6.86. The summed E-state index contributed by atoms with van der Waals surface area (Å²) in [5, 5.41) is 0. The third kappa shape index (κ3) is 5.91. The van der Waals surface area contributed by atoms with Crippen molar-refractivity contribution in [2.24, 2.45) is 5.92 Å². The van der Waals surface area contributed by atoms with Gasteiger partial charge in [0.15, 0.2) is 5.78 Å². The summed E-state index contributed by atoms with van der Waals surface area (Å²) >= 11 is 0. The van der Waals surface area contributed by atoms with E-state index in [4.69, 9.17) is 4.18 Å². The maximum atomic E-state index is 12.7. The Hall–Kier alpha value is -2.18. The van der Waals surface area contributed by atoms with Crippen molar-refractivity contribution in [3.8, 4) is 5.75 Å². The highest BCUT2D eigenvalue weighted by Gasteiger charge is 2.31. The van der Waals surface area contributed by atoms with Gasteiger partial charge in [0.1, 0.15) is 5.75 Å². The Bertz CT molecular complexity index is 892. The van der Waals surface area contributed by atoms with Crippen LogP contribution in [0.15, 0.2) is 54.6 Å². The lowest BCUT2D eigenvalue weighted by Crippen LogP contribution is -2.36. The van der Waals surface area contributed by atoms with Crippen molar-refractivity contribution < 1.29 is 17.4 Å². The molecule has 5 nitrogen and oxygen atoms in total. The molecule has 28 heavy (non-hydrogen) atoms. The number of nitrogens with zero attached hydrogens (tertiary/aromatic N) is 1. The van der Waals surface area contributed by atoms with Crippen LogP contribution in [0.5, 0.6) is 5.75 Å². The fraction of sp³-hybridized carbons (Fsp3) is 0.409. The normalized spacial score (nSPS) is 14.2. The zero-order chi connectivity index (χ0) is 20.0. The van der Waals surface area contributed by atoms with Crippen LogP contribution in [0.25, 0.3) is 0 Å². The van der Waals surface area contributed by atoms with Crippen molar-refractivity contribution in [3.63, 3.8) is 0 Å². The summed E-state index contributed by atoms with van der Waals surface area (Å²) in [6.07, 6.45) is 3.88. The van der Waals surface area contributed by atoms with Crippen LogP contribution in [-0.4, -0.2) is 31.6 Å². The Morgan fingerprint density at radius 3 is 2.54 bits per heavy atom. The van der Waals surface area contributed by atoms with Crippen LogP contribution in [0.4, 0.5) is 0 Å². The lowest BCUT2D eigenvalue weighted by atomic mass is 10.0. The second-order valence-corrected chi connectivity index (χ2v) is 8.82. The van der Waals surface area contributed by atoms with Gasteiger partial charge in [-0.05, 0) is 49.3 Å². The fourth-order valence-corrected chi connectivity index (χ4v) is 4.33. The average Bonchev–Trinajstić information content (AvgIpc) is 3.50. The minimum Gasteiger partial charge on any atom is -0.371 e. The molecule has 0 heterocycles. The zero-order valence-corrected chi connectivity index (χ0v) is 17.0. The molecule has 150 valence electrons. The maximum Gasteiger partial charge on any atom is 0.385 e. The first kappa shape index (κ1) is 20.6. The highest BCUT2D eigenvalue weighted by atomic mass is 32.2. The molecule has 1 fully saturated rings. The predicted octanol–water partition coefficient (Wildman–Crippen LogP) is 4.25. The molecule has 0 saturated heterocycles. The summed E-state index contributed by atoms with van der Waals surface area (Å²) in [6.45, 7) is 2.89. The van der Waals surface area contributed by atoms with Gasteiger partial charge in [-0.25, -0.2) is 0 Å². The second kappa shape index (κ2) is 9.34. The van der Waals surface area contributed by atoms with Gasteiger partial charge >= 0.3 is 10.3 Å². The molecular formula is C22H27NO4S. The molecule has 0 atom stereocenters. The third-order valence-corrected chi connectivity index (χ3v) is 6.16. The van der Waals surface area contributed by atoms with Crippen molar-refractivity contribution in [1.29, 1.82) is 0 Å². The van der Waals surface area contributed by atoms with Crippen molar-refractivity contribution >= 4 is 16.1 Å². The van der Waals surface area contributed by atoms with E-state index in [2.05, 4.69) is 0 Å². The molecule has 2 aromatic rings.